The zero-order valence-corrected chi connectivity index (χ0v) is 15.6. The molecule has 2 aromatic rings. The van der Waals surface area contributed by atoms with Crippen LogP contribution in [0.25, 0.3) is 6.08 Å². The first-order valence-corrected chi connectivity index (χ1v) is 8.70. The fraction of sp³-hybridized carbons (Fsp3) is 0.143. The number of esters is 1. The Kier molecular flexibility index (Phi) is 7.77. The first kappa shape index (κ1) is 20.7. The molecule has 1 amide bonds. The molecule has 2 rings (SSSR count). The van der Waals surface area contributed by atoms with Gasteiger partial charge < -0.3 is 9.64 Å². The molecule has 0 radical (unpaired) electrons. The highest BCUT2D eigenvalue weighted by Gasteiger charge is 2.19. The highest BCUT2D eigenvalue weighted by Crippen LogP contribution is 2.15. The maximum atomic E-state index is 12.5. The van der Waals surface area contributed by atoms with Crippen molar-refractivity contribution in [1.82, 2.24) is 0 Å². The van der Waals surface area contributed by atoms with Crippen LogP contribution in [0.15, 0.2) is 60.2 Å². The number of amides is 1. The van der Waals surface area contributed by atoms with Crippen LogP contribution < -0.4 is 4.90 Å². The topological polar surface area (TPSA) is 94.2 Å². The molecule has 0 saturated carbocycles. The fourth-order valence-electron chi connectivity index (χ4n) is 2.31. The first-order chi connectivity index (χ1) is 13.5. The molecule has 0 atom stereocenters. The van der Waals surface area contributed by atoms with E-state index in [1.54, 1.807) is 60.7 Å². The number of para-hydroxylation sites is 1. The normalized spacial score (nSPS) is 10.5. The second-order valence-electron chi connectivity index (χ2n) is 5.59. The molecule has 0 aliphatic rings. The van der Waals surface area contributed by atoms with Crippen LogP contribution in [0.5, 0.6) is 0 Å². The number of benzene rings is 2. The molecule has 0 aliphatic heterocycles. The molecular weight excluding hydrogens is 378 g/mol. The van der Waals surface area contributed by atoms with Gasteiger partial charge in [-0.1, -0.05) is 41.9 Å². The molecule has 0 spiro atoms. The van der Waals surface area contributed by atoms with E-state index < -0.39 is 18.5 Å². The molecule has 0 saturated heterocycles. The molecule has 28 heavy (non-hydrogen) atoms. The van der Waals surface area contributed by atoms with Crippen LogP contribution in [0.4, 0.5) is 5.69 Å². The van der Waals surface area contributed by atoms with Gasteiger partial charge in [-0.05, 0) is 35.9 Å². The zero-order valence-electron chi connectivity index (χ0n) is 14.8. The van der Waals surface area contributed by atoms with Gasteiger partial charge in [-0.15, -0.1) is 0 Å². The minimum absolute atomic E-state index is 0.133. The quantitative estimate of drug-likeness (QED) is 0.405. The predicted molar refractivity (Wildman–Crippen MR) is 105 cm³/mol. The van der Waals surface area contributed by atoms with E-state index in [0.29, 0.717) is 16.3 Å². The van der Waals surface area contributed by atoms with E-state index in [4.69, 9.17) is 21.6 Å². The van der Waals surface area contributed by atoms with Gasteiger partial charge in [0.2, 0.25) is 0 Å². The Balaban J connectivity index is 2.06. The lowest BCUT2D eigenvalue weighted by Gasteiger charge is -2.21. The number of nitriles is 2. The number of nitrogens with zero attached hydrogens (tertiary/aromatic N) is 3. The van der Waals surface area contributed by atoms with Gasteiger partial charge in [0.25, 0.3) is 5.91 Å². The summed E-state index contributed by atoms with van der Waals surface area (Å²) in [6, 6.07) is 19.1. The minimum Gasteiger partial charge on any atom is -0.451 e. The summed E-state index contributed by atoms with van der Waals surface area (Å²) in [7, 11) is 0. The molecule has 0 aliphatic carbocycles. The van der Waals surface area contributed by atoms with Crippen molar-refractivity contribution in [3.63, 3.8) is 0 Å². The Hall–Kier alpha value is -3.61. The highest BCUT2D eigenvalue weighted by atomic mass is 35.5. The highest BCUT2D eigenvalue weighted by molar-refractivity contribution is 6.30. The van der Waals surface area contributed by atoms with Gasteiger partial charge in [0.15, 0.2) is 6.61 Å². The van der Waals surface area contributed by atoms with Crippen LogP contribution >= 0.6 is 11.6 Å². The van der Waals surface area contributed by atoms with E-state index in [-0.39, 0.29) is 18.5 Å². The van der Waals surface area contributed by atoms with Crippen molar-refractivity contribution in [3.05, 3.63) is 70.8 Å². The molecule has 7 heteroatoms. The SMILES string of the molecule is N#CCCN(C(=O)COC(=O)C(C#N)=Cc1ccc(Cl)cc1)c1ccccc1. The summed E-state index contributed by atoms with van der Waals surface area (Å²) in [4.78, 5) is 26.0. The second kappa shape index (κ2) is 10.5. The summed E-state index contributed by atoms with van der Waals surface area (Å²) in [5.41, 5.74) is 0.957. The summed E-state index contributed by atoms with van der Waals surface area (Å²) in [5.74, 6) is -1.39. The number of ether oxygens (including phenoxy) is 1. The summed E-state index contributed by atoms with van der Waals surface area (Å²) >= 11 is 5.81. The molecule has 0 unspecified atom stereocenters. The van der Waals surface area contributed by atoms with E-state index >= 15 is 0 Å². The Labute approximate surface area is 167 Å². The largest absolute Gasteiger partial charge is 0.451 e. The van der Waals surface area contributed by atoms with Crippen LogP contribution in [0.1, 0.15) is 12.0 Å². The van der Waals surface area contributed by atoms with Gasteiger partial charge >= 0.3 is 5.97 Å². The molecule has 0 fully saturated rings. The average Bonchev–Trinajstić information content (AvgIpc) is 2.72. The predicted octanol–water partition coefficient (Wildman–Crippen LogP) is 3.74. The van der Waals surface area contributed by atoms with Crippen LogP contribution in [-0.2, 0) is 14.3 Å². The van der Waals surface area contributed by atoms with Gasteiger partial charge in [-0.3, -0.25) is 4.79 Å². The van der Waals surface area contributed by atoms with Gasteiger partial charge in [0, 0.05) is 17.3 Å². The summed E-state index contributed by atoms with van der Waals surface area (Å²) in [5, 5.41) is 18.5. The third-order valence-corrected chi connectivity index (χ3v) is 3.92. The van der Waals surface area contributed by atoms with Crippen molar-refractivity contribution >= 4 is 35.2 Å². The van der Waals surface area contributed by atoms with Gasteiger partial charge in [-0.2, -0.15) is 10.5 Å². The van der Waals surface area contributed by atoms with Crippen molar-refractivity contribution in [2.24, 2.45) is 0 Å². The number of carbonyl (C=O) groups is 2. The number of hydrogen-bond acceptors (Lipinski definition) is 5. The molecule has 2 aromatic carbocycles. The van der Waals surface area contributed by atoms with Crippen molar-refractivity contribution in [3.8, 4) is 12.1 Å². The maximum Gasteiger partial charge on any atom is 0.349 e. The Morgan fingerprint density at radius 1 is 1.07 bits per heavy atom. The van der Waals surface area contributed by atoms with E-state index in [1.807, 2.05) is 6.07 Å². The summed E-state index contributed by atoms with van der Waals surface area (Å²) in [6.45, 7) is -0.374. The average molecular weight is 394 g/mol. The van der Waals surface area contributed by atoms with Crippen LogP contribution in [0.2, 0.25) is 5.02 Å². The molecule has 0 N–H and O–H groups in total. The fourth-order valence-corrected chi connectivity index (χ4v) is 2.44. The molecule has 0 heterocycles. The van der Waals surface area contributed by atoms with E-state index in [1.165, 1.54) is 11.0 Å². The lowest BCUT2D eigenvalue weighted by Crippen LogP contribution is -2.35. The van der Waals surface area contributed by atoms with Crippen molar-refractivity contribution in [1.29, 1.82) is 10.5 Å². The Bertz CT molecular complexity index is 942. The number of hydrogen-bond donors (Lipinski definition) is 0. The Morgan fingerprint density at radius 3 is 2.36 bits per heavy atom. The first-order valence-electron chi connectivity index (χ1n) is 8.32. The number of carbonyl (C=O) groups excluding carboxylic acids is 2. The van der Waals surface area contributed by atoms with Crippen molar-refractivity contribution in [2.75, 3.05) is 18.1 Å². The summed E-state index contributed by atoms with van der Waals surface area (Å²) in [6.07, 6.45) is 1.49. The molecular formula is C21H16ClN3O3. The van der Waals surface area contributed by atoms with E-state index in [2.05, 4.69) is 0 Å². The molecule has 140 valence electrons. The maximum absolute atomic E-state index is 12.5. The second-order valence-corrected chi connectivity index (χ2v) is 6.02. The minimum atomic E-state index is -0.904. The Morgan fingerprint density at radius 2 is 1.75 bits per heavy atom. The van der Waals surface area contributed by atoms with E-state index in [9.17, 15) is 14.9 Å². The third-order valence-electron chi connectivity index (χ3n) is 3.66. The standard InChI is InChI=1S/C21H16ClN3O3/c22-18-9-7-16(8-10-18)13-17(14-24)21(27)28-15-20(26)25(12-4-11-23)19-5-2-1-3-6-19/h1-3,5-10,13H,4,12,15H2. The number of rotatable bonds is 7. The lowest BCUT2D eigenvalue weighted by atomic mass is 10.1. The lowest BCUT2D eigenvalue weighted by molar-refractivity contribution is -0.143. The van der Waals surface area contributed by atoms with Crippen molar-refractivity contribution in [2.45, 2.75) is 6.42 Å². The zero-order chi connectivity index (χ0) is 20.4. The summed E-state index contributed by atoms with van der Waals surface area (Å²) < 4.78 is 5.01. The van der Waals surface area contributed by atoms with Crippen LogP contribution in [0, 0.1) is 22.7 Å². The van der Waals surface area contributed by atoms with Gasteiger partial charge in [0.1, 0.15) is 11.6 Å². The van der Waals surface area contributed by atoms with Gasteiger partial charge in [-0.25, -0.2) is 4.79 Å². The van der Waals surface area contributed by atoms with Crippen LogP contribution in [0.3, 0.4) is 0 Å². The number of anilines is 1. The molecule has 6 nitrogen and oxygen atoms in total. The monoisotopic (exact) mass is 393 g/mol. The smallest absolute Gasteiger partial charge is 0.349 e. The molecule has 0 bridgehead atoms. The third kappa shape index (κ3) is 5.98. The van der Waals surface area contributed by atoms with Crippen LogP contribution in [-0.4, -0.2) is 25.0 Å². The molecule has 0 aromatic heterocycles. The van der Waals surface area contributed by atoms with E-state index in [0.717, 1.165) is 0 Å². The number of halogens is 1. The van der Waals surface area contributed by atoms with Crippen molar-refractivity contribution < 1.29 is 14.3 Å². The van der Waals surface area contributed by atoms with Gasteiger partial charge in [0.05, 0.1) is 12.5 Å².